The van der Waals surface area contributed by atoms with Crippen LogP contribution in [0, 0.1) is 11.8 Å². The quantitative estimate of drug-likeness (QED) is 0.0727. The van der Waals surface area contributed by atoms with Crippen molar-refractivity contribution in [3.63, 3.8) is 0 Å². The molecule has 0 saturated carbocycles. The number of fused-ring (bicyclic) bond motifs is 2. The summed E-state index contributed by atoms with van der Waals surface area (Å²) in [7, 11) is 0. The van der Waals surface area contributed by atoms with Gasteiger partial charge in [0.15, 0.2) is 0 Å². The number of halogens is 4. The van der Waals surface area contributed by atoms with Crippen molar-refractivity contribution in [1.82, 2.24) is 29.7 Å². The van der Waals surface area contributed by atoms with Gasteiger partial charge in [0, 0.05) is 88.4 Å². The fourth-order valence-corrected chi connectivity index (χ4v) is 11.3. The number of nitrogen functional groups attached to an aromatic ring is 1. The van der Waals surface area contributed by atoms with Gasteiger partial charge in [-0.15, -0.1) is 0 Å². The van der Waals surface area contributed by atoms with Gasteiger partial charge < -0.3 is 41.3 Å². The van der Waals surface area contributed by atoms with Crippen LogP contribution in [0.4, 0.5) is 34.9 Å². The van der Waals surface area contributed by atoms with Crippen molar-refractivity contribution >= 4 is 109 Å². The Balaban J connectivity index is 0.000000176. The van der Waals surface area contributed by atoms with Crippen molar-refractivity contribution < 1.29 is 4.79 Å². The van der Waals surface area contributed by atoms with Gasteiger partial charge in [0.1, 0.15) is 11.6 Å². The van der Waals surface area contributed by atoms with Crippen molar-refractivity contribution in [3.05, 3.63) is 104 Å². The van der Waals surface area contributed by atoms with Crippen LogP contribution in [0.1, 0.15) is 82.3 Å². The Morgan fingerprint density at radius 1 is 0.577 bits per heavy atom. The number of anilines is 6. The summed E-state index contributed by atoms with van der Waals surface area (Å²) >= 11 is 24.9. The maximum atomic E-state index is 11.6. The molecule has 10 rings (SSSR count). The van der Waals surface area contributed by atoms with Gasteiger partial charge >= 0.3 is 0 Å². The topological polar surface area (TPSA) is 144 Å². The number of likely N-dealkylation sites (tertiary alicyclic amines) is 2. The van der Waals surface area contributed by atoms with E-state index >= 15 is 0 Å². The average molecular weight is 1040 g/mol. The number of aromatic nitrogens is 4. The molecule has 0 atom stereocenters. The van der Waals surface area contributed by atoms with Crippen LogP contribution in [-0.2, 0) is 17.9 Å². The molecular weight excluding hydrogens is 974 g/mol. The van der Waals surface area contributed by atoms with Gasteiger partial charge in [-0.2, -0.15) is 9.97 Å². The molecule has 0 radical (unpaired) electrons. The summed E-state index contributed by atoms with van der Waals surface area (Å²) in [5.74, 6) is 4.45. The summed E-state index contributed by atoms with van der Waals surface area (Å²) in [4.78, 5) is 41.2. The van der Waals surface area contributed by atoms with Gasteiger partial charge in [-0.3, -0.25) is 4.79 Å². The van der Waals surface area contributed by atoms with Crippen molar-refractivity contribution in [2.75, 3.05) is 96.9 Å². The third-order valence-electron chi connectivity index (χ3n) is 14.5. The van der Waals surface area contributed by atoms with Gasteiger partial charge in [-0.25, -0.2) is 9.97 Å². The highest BCUT2D eigenvalue weighted by Crippen LogP contribution is 2.33. The first-order valence-electron chi connectivity index (χ1n) is 25.5. The third-order valence-corrected chi connectivity index (χ3v) is 15.7. The number of rotatable bonds is 15. The van der Waals surface area contributed by atoms with E-state index in [0.717, 1.165) is 94.5 Å². The number of hydrogen-bond acceptors (Lipinski definition) is 12. The van der Waals surface area contributed by atoms with E-state index in [2.05, 4.69) is 35.6 Å². The lowest BCUT2D eigenvalue weighted by molar-refractivity contribution is -0.114. The molecule has 4 aliphatic heterocycles. The third kappa shape index (κ3) is 13.8. The molecule has 4 saturated heterocycles. The molecule has 4 aliphatic rings. The summed E-state index contributed by atoms with van der Waals surface area (Å²) in [5, 5.41) is 14.0. The Kier molecular flexibility index (Phi) is 17.4. The van der Waals surface area contributed by atoms with Crippen molar-refractivity contribution in [1.29, 1.82) is 0 Å². The van der Waals surface area contributed by atoms with Gasteiger partial charge in [0.2, 0.25) is 17.8 Å². The monoisotopic (exact) mass is 1040 g/mol. The summed E-state index contributed by atoms with van der Waals surface area (Å²) in [6.07, 6.45) is 12.7. The first-order valence-corrected chi connectivity index (χ1v) is 27.0. The standard InChI is InChI=1S/C28H34Cl2N6O.C26H32Cl2N6/c1-19(37)32-23-6-7-26-24(17-23)27(31-18-21-4-5-22(29)16-25(21)30)34-28(33-26)36-14-9-20(10-15-36)8-13-35-11-2-3-12-35;27-20-4-3-19(23(28)15-20)17-30-25-22-16-21(29)5-6-24(22)31-26(32-25)34-13-8-18(9-14-34)7-12-33-10-1-2-11-33/h4-7,16-17,20H,2-3,8-15,18H2,1H3,(H,32,37)(H,31,33,34);3-6,15-16,18H,1-2,7-14,17,29H2,(H,30,31,32). The number of carbonyl (C=O) groups is 1. The molecule has 4 aromatic carbocycles. The lowest BCUT2D eigenvalue weighted by Gasteiger charge is -2.33. The van der Waals surface area contributed by atoms with E-state index in [0.29, 0.717) is 44.6 Å². The highest BCUT2D eigenvalue weighted by molar-refractivity contribution is 6.35. The van der Waals surface area contributed by atoms with Gasteiger partial charge in [-0.05, 0) is 187 Å². The van der Waals surface area contributed by atoms with Gasteiger partial charge in [0.05, 0.1) is 11.0 Å². The summed E-state index contributed by atoms with van der Waals surface area (Å²) in [6, 6.07) is 22.5. The van der Waals surface area contributed by atoms with Crippen LogP contribution in [0.25, 0.3) is 21.8 Å². The maximum absolute atomic E-state index is 11.6. The Bertz CT molecular complexity index is 2770. The van der Waals surface area contributed by atoms with Crippen molar-refractivity contribution in [3.8, 4) is 0 Å². The molecular formula is C54H66Cl4N12O. The Hall–Kier alpha value is -4.89. The predicted molar refractivity (Wildman–Crippen MR) is 296 cm³/mol. The molecule has 0 aliphatic carbocycles. The number of nitrogens with one attached hydrogen (secondary N) is 3. The van der Waals surface area contributed by atoms with Gasteiger partial charge in [0.25, 0.3) is 0 Å². The number of amides is 1. The van der Waals surface area contributed by atoms with Gasteiger partial charge in [-0.1, -0.05) is 58.5 Å². The van der Waals surface area contributed by atoms with Crippen LogP contribution in [0.5, 0.6) is 0 Å². The van der Waals surface area contributed by atoms with E-state index in [1.807, 2.05) is 60.7 Å². The van der Waals surface area contributed by atoms with Crippen LogP contribution in [0.3, 0.4) is 0 Å². The SMILES string of the molecule is CC(=O)Nc1ccc2nc(N3CCC(CCN4CCCC4)CC3)nc(NCc3ccc(Cl)cc3Cl)c2c1.Nc1ccc2nc(N3CCC(CCN4CCCC4)CC3)nc(NCc3ccc(Cl)cc3Cl)c2c1. The van der Waals surface area contributed by atoms with Crippen LogP contribution >= 0.6 is 46.4 Å². The number of nitrogens with two attached hydrogens (primary N) is 1. The molecule has 0 spiro atoms. The molecule has 0 unspecified atom stereocenters. The van der Waals surface area contributed by atoms with Crippen molar-refractivity contribution in [2.45, 2.75) is 84.2 Å². The van der Waals surface area contributed by atoms with E-state index in [4.69, 9.17) is 72.1 Å². The van der Waals surface area contributed by atoms with E-state index in [9.17, 15) is 4.79 Å². The second-order valence-electron chi connectivity index (χ2n) is 19.6. The zero-order valence-corrected chi connectivity index (χ0v) is 43.7. The first kappa shape index (κ1) is 51.0. The number of piperidine rings is 2. The minimum absolute atomic E-state index is 0.119. The highest BCUT2D eigenvalue weighted by Gasteiger charge is 2.26. The molecule has 17 heteroatoms. The molecule has 71 heavy (non-hydrogen) atoms. The largest absolute Gasteiger partial charge is 0.399 e. The summed E-state index contributed by atoms with van der Waals surface area (Å²) < 4.78 is 0. The normalized spacial score (nSPS) is 17.2. The van der Waals surface area contributed by atoms with Crippen LogP contribution in [0.2, 0.25) is 20.1 Å². The fourth-order valence-electron chi connectivity index (χ4n) is 10.4. The van der Waals surface area contributed by atoms with Crippen LogP contribution in [-0.4, -0.2) is 101 Å². The molecule has 1 amide bonds. The first-order chi connectivity index (χ1) is 34.5. The average Bonchev–Trinajstić information content (AvgIpc) is 4.11. The molecule has 13 nitrogen and oxygen atoms in total. The maximum Gasteiger partial charge on any atom is 0.227 e. The number of hydrogen-bond donors (Lipinski definition) is 4. The molecule has 4 fully saturated rings. The lowest BCUT2D eigenvalue weighted by Crippen LogP contribution is -2.36. The van der Waals surface area contributed by atoms with Crippen molar-refractivity contribution in [2.24, 2.45) is 11.8 Å². The Morgan fingerprint density at radius 2 is 1.03 bits per heavy atom. The Labute approximate surface area is 438 Å². The molecule has 6 aromatic rings. The predicted octanol–water partition coefficient (Wildman–Crippen LogP) is 12.0. The van der Waals surface area contributed by atoms with E-state index in [1.165, 1.54) is 110 Å². The molecule has 376 valence electrons. The smallest absolute Gasteiger partial charge is 0.227 e. The molecule has 5 N–H and O–H groups in total. The Morgan fingerprint density at radius 3 is 1.48 bits per heavy atom. The minimum atomic E-state index is -0.119. The zero-order valence-electron chi connectivity index (χ0n) is 40.7. The number of carbonyl (C=O) groups excluding carboxylic acids is 1. The minimum Gasteiger partial charge on any atom is -0.399 e. The van der Waals surface area contributed by atoms with Crippen LogP contribution in [0.15, 0.2) is 72.8 Å². The van der Waals surface area contributed by atoms with E-state index < -0.39 is 0 Å². The highest BCUT2D eigenvalue weighted by atomic mass is 35.5. The van der Waals surface area contributed by atoms with E-state index in [-0.39, 0.29) is 5.91 Å². The second-order valence-corrected chi connectivity index (χ2v) is 21.3. The molecule has 6 heterocycles. The number of benzene rings is 4. The second kappa shape index (κ2) is 24.2. The molecule has 2 aromatic heterocycles. The number of nitrogens with zero attached hydrogens (tertiary/aromatic N) is 8. The zero-order chi connectivity index (χ0) is 49.3. The fraction of sp³-hybridized carbons (Fsp3) is 0.463. The van der Waals surface area contributed by atoms with Crippen LogP contribution < -0.4 is 31.5 Å². The summed E-state index contributed by atoms with van der Waals surface area (Å²) in [6.45, 7) is 14.0. The lowest BCUT2D eigenvalue weighted by atomic mass is 9.93. The van der Waals surface area contributed by atoms with E-state index in [1.54, 1.807) is 12.1 Å². The molecule has 0 bridgehead atoms. The summed E-state index contributed by atoms with van der Waals surface area (Å²) in [5.41, 5.74) is 11.1.